The van der Waals surface area contributed by atoms with Gasteiger partial charge in [0, 0.05) is 11.8 Å². The number of para-hydroxylation sites is 1. The lowest BCUT2D eigenvalue weighted by Gasteiger charge is -2.14. The Bertz CT molecular complexity index is 1260. The molecular weight excluding hydrogens is 452 g/mol. The quantitative estimate of drug-likeness (QED) is 0.261. The zero-order chi connectivity index (χ0) is 23.3. The van der Waals surface area contributed by atoms with Gasteiger partial charge in [-0.15, -0.1) is 0 Å². The summed E-state index contributed by atoms with van der Waals surface area (Å²) in [5.74, 6) is 0.257. The lowest BCUT2D eigenvalue weighted by atomic mass is 10.2. The number of sulfonamides is 1. The summed E-state index contributed by atoms with van der Waals surface area (Å²) >= 11 is 5.28. The standard InChI is InChI=1S/C21H20N4O5S2/c1-14-5-3-4-6-18(14)24-32(28,29)17-10-7-15(8-11-17)22-21(31)23-19-12-9-16(25(26)27)13-20(19)30-2/h3-13,24H,1-2H3,(H2,22,23,31). The molecule has 3 rings (SSSR count). The number of nitrogens with one attached hydrogen (secondary N) is 3. The molecule has 166 valence electrons. The first-order valence-corrected chi connectivity index (χ1v) is 11.2. The number of hydrogen-bond acceptors (Lipinski definition) is 6. The van der Waals surface area contributed by atoms with Crippen LogP contribution >= 0.6 is 12.2 Å². The van der Waals surface area contributed by atoms with Crippen LogP contribution in [0.5, 0.6) is 5.75 Å². The van der Waals surface area contributed by atoms with Gasteiger partial charge in [0.1, 0.15) is 5.75 Å². The molecule has 9 nitrogen and oxygen atoms in total. The maximum Gasteiger partial charge on any atom is 0.273 e. The summed E-state index contributed by atoms with van der Waals surface area (Å²) in [6, 6.07) is 17.3. The summed E-state index contributed by atoms with van der Waals surface area (Å²) in [5.41, 5.74) is 2.21. The molecule has 0 aliphatic heterocycles. The van der Waals surface area contributed by atoms with Crippen molar-refractivity contribution in [2.45, 2.75) is 11.8 Å². The van der Waals surface area contributed by atoms with Gasteiger partial charge in [-0.1, -0.05) is 18.2 Å². The monoisotopic (exact) mass is 472 g/mol. The number of non-ortho nitro benzene ring substituents is 1. The molecule has 3 N–H and O–H groups in total. The second kappa shape index (κ2) is 9.62. The van der Waals surface area contributed by atoms with Crippen LogP contribution in [0.2, 0.25) is 0 Å². The van der Waals surface area contributed by atoms with Gasteiger partial charge in [0.25, 0.3) is 15.7 Å². The molecule has 0 bridgehead atoms. The number of benzene rings is 3. The van der Waals surface area contributed by atoms with Crippen molar-refractivity contribution in [3.63, 3.8) is 0 Å². The van der Waals surface area contributed by atoms with Crippen molar-refractivity contribution in [3.8, 4) is 5.75 Å². The van der Waals surface area contributed by atoms with Gasteiger partial charge in [-0.05, 0) is 61.1 Å². The van der Waals surface area contributed by atoms with Crippen molar-refractivity contribution in [1.29, 1.82) is 0 Å². The Hall–Kier alpha value is -3.70. The van der Waals surface area contributed by atoms with Gasteiger partial charge in [-0.25, -0.2) is 8.42 Å². The summed E-state index contributed by atoms with van der Waals surface area (Å²) in [5, 5.41) is 16.9. The summed E-state index contributed by atoms with van der Waals surface area (Å²) in [6.07, 6.45) is 0. The van der Waals surface area contributed by atoms with E-state index < -0.39 is 14.9 Å². The zero-order valence-electron chi connectivity index (χ0n) is 17.2. The van der Waals surface area contributed by atoms with Gasteiger partial charge in [-0.3, -0.25) is 14.8 Å². The first-order chi connectivity index (χ1) is 15.2. The average Bonchev–Trinajstić information content (AvgIpc) is 2.75. The van der Waals surface area contributed by atoms with E-state index in [1.54, 1.807) is 24.3 Å². The third-order valence-corrected chi connectivity index (χ3v) is 6.04. The topological polar surface area (TPSA) is 123 Å². The van der Waals surface area contributed by atoms with Gasteiger partial charge in [0.2, 0.25) is 0 Å². The summed E-state index contributed by atoms with van der Waals surface area (Å²) in [4.78, 5) is 10.5. The van der Waals surface area contributed by atoms with Crippen molar-refractivity contribution in [2.24, 2.45) is 0 Å². The molecule has 0 saturated heterocycles. The van der Waals surface area contributed by atoms with Gasteiger partial charge in [0.15, 0.2) is 5.11 Å². The van der Waals surface area contributed by atoms with E-state index in [2.05, 4.69) is 15.4 Å². The Morgan fingerprint density at radius 2 is 1.69 bits per heavy atom. The highest BCUT2D eigenvalue weighted by molar-refractivity contribution is 7.92. The van der Waals surface area contributed by atoms with E-state index in [-0.39, 0.29) is 21.4 Å². The predicted molar refractivity (Wildman–Crippen MR) is 128 cm³/mol. The first-order valence-electron chi connectivity index (χ1n) is 9.28. The Balaban J connectivity index is 1.68. The molecule has 0 unspecified atom stereocenters. The van der Waals surface area contributed by atoms with Gasteiger partial charge in [-0.2, -0.15) is 0 Å². The van der Waals surface area contributed by atoms with E-state index in [4.69, 9.17) is 17.0 Å². The largest absolute Gasteiger partial charge is 0.494 e. The van der Waals surface area contributed by atoms with Crippen LogP contribution in [-0.4, -0.2) is 25.6 Å². The van der Waals surface area contributed by atoms with E-state index in [0.29, 0.717) is 17.1 Å². The van der Waals surface area contributed by atoms with Crippen molar-refractivity contribution in [3.05, 3.63) is 82.4 Å². The second-order valence-electron chi connectivity index (χ2n) is 6.67. The van der Waals surface area contributed by atoms with E-state index in [1.807, 2.05) is 19.1 Å². The van der Waals surface area contributed by atoms with Crippen LogP contribution in [0.25, 0.3) is 0 Å². The third-order valence-electron chi connectivity index (χ3n) is 4.46. The Kier molecular flexibility index (Phi) is 6.91. The maximum atomic E-state index is 12.6. The average molecular weight is 473 g/mol. The van der Waals surface area contributed by atoms with Crippen molar-refractivity contribution in [1.82, 2.24) is 0 Å². The Labute approximate surface area is 190 Å². The molecule has 0 spiro atoms. The summed E-state index contributed by atoms with van der Waals surface area (Å²) in [6.45, 7) is 1.82. The molecule has 0 saturated carbocycles. The normalized spacial score (nSPS) is 10.8. The van der Waals surface area contributed by atoms with Crippen LogP contribution in [-0.2, 0) is 10.0 Å². The minimum Gasteiger partial charge on any atom is -0.494 e. The molecule has 32 heavy (non-hydrogen) atoms. The summed E-state index contributed by atoms with van der Waals surface area (Å²) in [7, 11) is -2.35. The van der Waals surface area contributed by atoms with Crippen molar-refractivity contribution >= 4 is 50.1 Å². The number of anilines is 3. The molecular formula is C21H20N4O5S2. The van der Waals surface area contributed by atoms with Gasteiger partial charge in [0.05, 0.1) is 34.4 Å². The molecule has 0 aromatic heterocycles. The fourth-order valence-electron chi connectivity index (χ4n) is 2.79. The van der Waals surface area contributed by atoms with E-state index in [0.717, 1.165) is 5.56 Å². The number of ether oxygens (including phenoxy) is 1. The van der Waals surface area contributed by atoms with E-state index in [9.17, 15) is 18.5 Å². The second-order valence-corrected chi connectivity index (χ2v) is 8.76. The molecule has 3 aromatic rings. The highest BCUT2D eigenvalue weighted by Gasteiger charge is 2.16. The highest BCUT2D eigenvalue weighted by atomic mass is 32.2. The molecule has 0 atom stereocenters. The molecule has 3 aromatic carbocycles. The number of nitrogens with zero attached hydrogens (tertiary/aromatic N) is 1. The van der Waals surface area contributed by atoms with E-state index >= 15 is 0 Å². The minimum atomic E-state index is -3.75. The number of methoxy groups -OCH3 is 1. The molecule has 11 heteroatoms. The fourth-order valence-corrected chi connectivity index (χ4v) is 4.15. The van der Waals surface area contributed by atoms with Gasteiger partial charge >= 0.3 is 0 Å². The molecule has 0 heterocycles. The summed E-state index contributed by atoms with van der Waals surface area (Å²) < 4.78 is 33.0. The molecule has 0 aliphatic carbocycles. The smallest absolute Gasteiger partial charge is 0.273 e. The number of rotatable bonds is 7. The van der Waals surface area contributed by atoms with Crippen molar-refractivity contribution < 1.29 is 18.1 Å². The van der Waals surface area contributed by atoms with Crippen molar-refractivity contribution in [2.75, 3.05) is 22.5 Å². The van der Waals surface area contributed by atoms with Crippen LogP contribution < -0.4 is 20.1 Å². The predicted octanol–water partition coefficient (Wildman–Crippen LogP) is 4.52. The molecule has 0 radical (unpaired) electrons. The van der Waals surface area contributed by atoms with Crippen LogP contribution in [0.1, 0.15) is 5.56 Å². The lowest BCUT2D eigenvalue weighted by molar-refractivity contribution is -0.384. The lowest BCUT2D eigenvalue weighted by Crippen LogP contribution is -2.19. The SMILES string of the molecule is COc1cc([N+](=O)[O-])ccc1NC(=S)Nc1ccc(S(=O)(=O)Nc2ccccc2C)cc1. The number of nitro groups is 1. The van der Waals surface area contributed by atoms with Crippen LogP contribution in [0, 0.1) is 17.0 Å². The van der Waals surface area contributed by atoms with E-state index in [1.165, 1.54) is 37.4 Å². The van der Waals surface area contributed by atoms with Gasteiger partial charge < -0.3 is 15.4 Å². The molecule has 0 aliphatic rings. The van der Waals surface area contributed by atoms with Crippen LogP contribution in [0.3, 0.4) is 0 Å². The zero-order valence-corrected chi connectivity index (χ0v) is 18.8. The molecule has 0 amide bonds. The number of hydrogen-bond donors (Lipinski definition) is 3. The third kappa shape index (κ3) is 5.50. The first kappa shape index (κ1) is 23.0. The fraction of sp³-hybridized carbons (Fsp3) is 0.0952. The maximum absolute atomic E-state index is 12.6. The van der Waals surface area contributed by atoms with Crippen LogP contribution in [0.4, 0.5) is 22.7 Å². The number of nitro benzene ring substituents is 1. The van der Waals surface area contributed by atoms with Crippen LogP contribution in [0.15, 0.2) is 71.6 Å². The number of aryl methyl sites for hydroxylation is 1. The molecule has 0 fully saturated rings. The minimum absolute atomic E-state index is 0.0993. The Morgan fingerprint density at radius 3 is 2.31 bits per heavy atom. The number of thiocarbonyl (C=S) groups is 1. The Morgan fingerprint density at radius 1 is 1.00 bits per heavy atom. The highest BCUT2D eigenvalue weighted by Crippen LogP contribution is 2.29.